The molecule has 2 aromatic rings. The van der Waals surface area contributed by atoms with Crippen molar-refractivity contribution in [2.75, 3.05) is 0 Å². The van der Waals surface area contributed by atoms with E-state index in [1.165, 1.54) is 25.2 Å². The lowest BCUT2D eigenvalue weighted by Crippen LogP contribution is -2.53. The second-order valence-electron chi connectivity index (χ2n) is 6.90. The number of fused-ring (bicyclic) bond motifs is 1. The molecule has 128 valence electrons. The molecular formula is C16H17F3N4O. The Morgan fingerprint density at radius 1 is 1.33 bits per heavy atom. The largest absolute Gasteiger partial charge is 0.449 e. The summed E-state index contributed by atoms with van der Waals surface area (Å²) in [7, 11) is 0. The maximum Gasteiger partial charge on any atom is 0.449 e. The van der Waals surface area contributed by atoms with E-state index in [1.54, 1.807) is 0 Å². The second-order valence-corrected chi connectivity index (χ2v) is 6.90. The van der Waals surface area contributed by atoms with Gasteiger partial charge in [-0.1, -0.05) is 12.8 Å². The molecule has 2 N–H and O–H groups in total. The predicted octanol–water partition coefficient (Wildman–Crippen LogP) is 3.43. The van der Waals surface area contributed by atoms with Gasteiger partial charge in [-0.25, -0.2) is 4.98 Å². The van der Waals surface area contributed by atoms with Gasteiger partial charge in [0.05, 0.1) is 17.3 Å². The molecule has 0 spiro atoms. The van der Waals surface area contributed by atoms with E-state index in [-0.39, 0.29) is 22.1 Å². The van der Waals surface area contributed by atoms with Crippen LogP contribution in [-0.4, -0.2) is 26.4 Å². The molecule has 2 fully saturated rings. The van der Waals surface area contributed by atoms with Crippen LogP contribution in [0, 0.1) is 5.92 Å². The number of aromatic nitrogens is 3. The summed E-state index contributed by atoms with van der Waals surface area (Å²) in [6.07, 6.45) is 4.20. The molecule has 0 aliphatic heterocycles. The summed E-state index contributed by atoms with van der Waals surface area (Å²) >= 11 is 0. The quantitative estimate of drug-likeness (QED) is 0.897. The molecule has 1 amide bonds. The van der Waals surface area contributed by atoms with E-state index >= 15 is 0 Å². The maximum atomic E-state index is 12.8. The standard InChI is InChI=1S/C16H17F3N4O/c17-16(18,19)14-21-11-8-20-7-10(12(11)22-14)13(24)23-15(4-1-5-15)6-9-2-3-9/h7-9H,1-6H2,(H,21,22)(H,23,24). The van der Waals surface area contributed by atoms with Crippen LogP contribution in [0.4, 0.5) is 13.2 Å². The van der Waals surface area contributed by atoms with Gasteiger partial charge in [0.2, 0.25) is 5.82 Å². The van der Waals surface area contributed by atoms with Gasteiger partial charge in [-0.2, -0.15) is 13.2 Å². The van der Waals surface area contributed by atoms with E-state index in [9.17, 15) is 18.0 Å². The zero-order valence-corrected chi connectivity index (χ0v) is 12.9. The number of hydrogen-bond acceptors (Lipinski definition) is 3. The zero-order chi connectivity index (χ0) is 16.9. The number of hydrogen-bond donors (Lipinski definition) is 2. The average Bonchev–Trinajstić information content (AvgIpc) is 3.17. The highest BCUT2D eigenvalue weighted by molar-refractivity contribution is 6.04. The van der Waals surface area contributed by atoms with E-state index in [4.69, 9.17) is 0 Å². The Hall–Kier alpha value is -2.12. The molecule has 2 aliphatic rings. The molecule has 0 bridgehead atoms. The SMILES string of the molecule is O=C(NC1(CC2CC2)CCC1)c1cncc2[nH]c(C(F)(F)F)nc12. The number of amides is 1. The number of H-pyrrole nitrogens is 1. The predicted molar refractivity (Wildman–Crippen MR) is 80.3 cm³/mol. The molecule has 0 atom stereocenters. The fourth-order valence-corrected chi connectivity index (χ4v) is 3.40. The third kappa shape index (κ3) is 2.74. The third-order valence-electron chi connectivity index (χ3n) is 4.97. The van der Waals surface area contributed by atoms with Crippen LogP contribution in [-0.2, 0) is 6.18 Å². The fraction of sp³-hybridized carbons (Fsp3) is 0.562. The van der Waals surface area contributed by atoms with Crippen molar-refractivity contribution in [2.45, 2.75) is 50.2 Å². The summed E-state index contributed by atoms with van der Waals surface area (Å²) in [6.45, 7) is 0. The normalized spacial score (nSPS) is 20.0. The number of halogens is 3. The number of nitrogens with zero attached hydrogens (tertiary/aromatic N) is 2. The molecule has 0 saturated heterocycles. The molecule has 2 saturated carbocycles. The molecule has 4 rings (SSSR count). The third-order valence-corrected chi connectivity index (χ3v) is 4.97. The Kier molecular flexibility index (Phi) is 3.33. The van der Waals surface area contributed by atoms with Crippen LogP contribution in [0.3, 0.4) is 0 Å². The van der Waals surface area contributed by atoms with Crippen LogP contribution in [0.25, 0.3) is 11.0 Å². The summed E-state index contributed by atoms with van der Waals surface area (Å²) in [5.41, 5.74) is 0.000652. The summed E-state index contributed by atoms with van der Waals surface area (Å²) < 4.78 is 38.5. The molecule has 2 heterocycles. The van der Waals surface area contributed by atoms with E-state index in [2.05, 4.69) is 20.3 Å². The number of carbonyl (C=O) groups is 1. The number of imidazole rings is 1. The number of nitrogens with one attached hydrogen (secondary N) is 2. The van der Waals surface area contributed by atoms with Gasteiger partial charge in [0.25, 0.3) is 5.91 Å². The Morgan fingerprint density at radius 2 is 2.08 bits per heavy atom. The minimum atomic E-state index is -4.59. The highest BCUT2D eigenvalue weighted by Gasteiger charge is 2.43. The summed E-state index contributed by atoms with van der Waals surface area (Å²) in [6, 6.07) is 0. The van der Waals surface area contributed by atoms with Crippen molar-refractivity contribution in [3.8, 4) is 0 Å². The van der Waals surface area contributed by atoms with Crippen molar-refractivity contribution < 1.29 is 18.0 Å². The zero-order valence-electron chi connectivity index (χ0n) is 12.9. The van der Waals surface area contributed by atoms with Crippen LogP contribution < -0.4 is 5.32 Å². The topological polar surface area (TPSA) is 70.7 Å². The molecule has 24 heavy (non-hydrogen) atoms. The molecule has 8 heteroatoms. The Balaban J connectivity index is 1.63. The first-order valence-corrected chi connectivity index (χ1v) is 8.10. The smallest absolute Gasteiger partial charge is 0.346 e. The number of rotatable bonds is 4. The van der Waals surface area contributed by atoms with Crippen LogP contribution >= 0.6 is 0 Å². The monoisotopic (exact) mass is 338 g/mol. The first kappa shape index (κ1) is 15.4. The highest BCUT2D eigenvalue weighted by Crippen LogP contribution is 2.45. The van der Waals surface area contributed by atoms with E-state index in [1.807, 2.05) is 0 Å². The van der Waals surface area contributed by atoms with Crippen LogP contribution in [0.5, 0.6) is 0 Å². The molecule has 0 unspecified atom stereocenters. The van der Waals surface area contributed by atoms with Crippen molar-refractivity contribution in [1.82, 2.24) is 20.3 Å². The average molecular weight is 338 g/mol. The van der Waals surface area contributed by atoms with Crippen molar-refractivity contribution in [3.63, 3.8) is 0 Å². The Morgan fingerprint density at radius 3 is 2.67 bits per heavy atom. The number of carbonyl (C=O) groups excluding carboxylic acids is 1. The van der Waals surface area contributed by atoms with Crippen LogP contribution in [0.15, 0.2) is 12.4 Å². The lowest BCUT2D eigenvalue weighted by atomic mass is 9.73. The second kappa shape index (κ2) is 5.19. The van der Waals surface area contributed by atoms with E-state index in [0.717, 1.165) is 25.7 Å². The van der Waals surface area contributed by atoms with Gasteiger partial charge in [-0.05, 0) is 31.6 Å². The van der Waals surface area contributed by atoms with Crippen molar-refractivity contribution in [3.05, 3.63) is 23.8 Å². The van der Waals surface area contributed by atoms with Crippen molar-refractivity contribution in [1.29, 1.82) is 0 Å². The van der Waals surface area contributed by atoms with Gasteiger partial charge >= 0.3 is 6.18 Å². The van der Waals surface area contributed by atoms with Gasteiger partial charge in [0.15, 0.2) is 0 Å². The van der Waals surface area contributed by atoms with Gasteiger partial charge in [-0.3, -0.25) is 9.78 Å². The summed E-state index contributed by atoms with van der Waals surface area (Å²) in [4.78, 5) is 22.3. The maximum absolute atomic E-state index is 12.8. The van der Waals surface area contributed by atoms with Gasteiger partial charge in [-0.15, -0.1) is 0 Å². The number of alkyl halides is 3. The first-order valence-electron chi connectivity index (χ1n) is 8.10. The molecule has 2 aliphatic carbocycles. The highest BCUT2D eigenvalue weighted by atomic mass is 19.4. The minimum absolute atomic E-state index is 0.00993. The van der Waals surface area contributed by atoms with E-state index in [0.29, 0.717) is 5.92 Å². The summed E-state index contributed by atoms with van der Waals surface area (Å²) in [5, 5.41) is 3.04. The molecule has 0 radical (unpaired) electrons. The molecule has 5 nitrogen and oxygen atoms in total. The lowest BCUT2D eigenvalue weighted by molar-refractivity contribution is -0.144. The van der Waals surface area contributed by atoms with E-state index < -0.39 is 17.9 Å². The number of pyridine rings is 1. The van der Waals surface area contributed by atoms with Crippen LogP contribution in [0.2, 0.25) is 0 Å². The van der Waals surface area contributed by atoms with Gasteiger partial charge < -0.3 is 10.3 Å². The minimum Gasteiger partial charge on any atom is -0.346 e. The van der Waals surface area contributed by atoms with Crippen molar-refractivity contribution >= 4 is 16.9 Å². The molecule has 2 aromatic heterocycles. The fourth-order valence-electron chi connectivity index (χ4n) is 3.40. The van der Waals surface area contributed by atoms with Gasteiger partial charge in [0.1, 0.15) is 5.52 Å². The summed E-state index contributed by atoms with van der Waals surface area (Å²) in [5.74, 6) is -0.841. The number of aromatic amines is 1. The Bertz CT molecular complexity index is 790. The van der Waals surface area contributed by atoms with Crippen LogP contribution in [0.1, 0.15) is 54.7 Å². The molecule has 0 aromatic carbocycles. The van der Waals surface area contributed by atoms with Crippen molar-refractivity contribution in [2.24, 2.45) is 5.92 Å². The Labute approximate surface area is 136 Å². The lowest BCUT2D eigenvalue weighted by Gasteiger charge is -2.43. The first-order chi connectivity index (χ1) is 11.4. The van der Waals surface area contributed by atoms with Gasteiger partial charge in [0, 0.05) is 11.7 Å². The molecular weight excluding hydrogens is 321 g/mol.